The van der Waals surface area contributed by atoms with Gasteiger partial charge in [-0.05, 0) is 76.6 Å². The molecule has 0 N–H and O–H groups in total. The third kappa shape index (κ3) is 5.72. The molecule has 0 saturated carbocycles. The van der Waals surface area contributed by atoms with Gasteiger partial charge in [-0.15, -0.1) is 0 Å². The summed E-state index contributed by atoms with van der Waals surface area (Å²) in [5.41, 5.74) is 2.07. The quantitative estimate of drug-likeness (QED) is 0.375. The maximum atomic E-state index is 13.8. The van der Waals surface area contributed by atoms with Crippen molar-refractivity contribution in [1.29, 1.82) is 0 Å². The summed E-state index contributed by atoms with van der Waals surface area (Å²) in [4.78, 5) is 32.3. The number of benzene rings is 2. The van der Waals surface area contributed by atoms with E-state index in [0.717, 1.165) is 15.8 Å². The summed E-state index contributed by atoms with van der Waals surface area (Å²) in [5.74, 6) is 0.797. The van der Waals surface area contributed by atoms with Crippen LogP contribution in [0.25, 0.3) is 6.08 Å². The van der Waals surface area contributed by atoms with Crippen molar-refractivity contribution in [2.75, 3.05) is 7.11 Å². The first-order valence-corrected chi connectivity index (χ1v) is 13.5. The van der Waals surface area contributed by atoms with Crippen molar-refractivity contribution in [2.45, 2.75) is 52.9 Å². The van der Waals surface area contributed by atoms with Crippen LogP contribution in [0, 0.1) is 0 Å². The van der Waals surface area contributed by atoms with Crippen LogP contribution in [0.3, 0.4) is 0 Å². The molecule has 2 aromatic carbocycles. The van der Waals surface area contributed by atoms with Crippen molar-refractivity contribution in [3.63, 3.8) is 0 Å². The van der Waals surface area contributed by atoms with E-state index in [9.17, 15) is 9.59 Å². The van der Waals surface area contributed by atoms with Crippen LogP contribution >= 0.6 is 27.3 Å². The number of aromatic nitrogens is 1. The van der Waals surface area contributed by atoms with Crippen LogP contribution < -0.4 is 24.4 Å². The van der Waals surface area contributed by atoms with Crippen LogP contribution in [0.2, 0.25) is 0 Å². The molecule has 3 aromatic rings. The van der Waals surface area contributed by atoms with E-state index in [1.165, 1.54) is 11.3 Å². The molecule has 1 aliphatic heterocycles. The number of fused-ring (bicyclic) bond motifs is 1. The molecule has 0 saturated heterocycles. The van der Waals surface area contributed by atoms with E-state index in [-0.39, 0.29) is 17.8 Å². The van der Waals surface area contributed by atoms with E-state index in [1.54, 1.807) is 38.5 Å². The highest BCUT2D eigenvalue weighted by molar-refractivity contribution is 9.10. The number of halogens is 1. The normalized spacial score (nSPS) is 15.6. The van der Waals surface area contributed by atoms with Crippen molar-refractivity contribution in [3.05, 3.63) is 89.0 Å². The van der Waals surface area contributed by atoms with Gasteiger partial charge >= 0.3 is 5.97 Å². The lowest BCUT2D eigenvalue weighted by atomic mass is 9.95. The molecule has 0 aliphatic carbocycles. The number of hydrogen-bond donors (Lipinski definition) is 0. The molecule has 1 atom stereocenters. The summed E-state index contributed by atoms with van der Waals surface area (Å²) in [6.45, 7) is 9.28. The number of carbonyl (C=O) groups is 1. The average molecular weight is 586 g/mol. The first kappa shape index (κ1) is 26.9. The van der Waals surface area contributed by atoms with E-state index in [1.807, 2.05) is 56.3 Å². The lowest BCUT2D eigenvalue weighted by Crippen LogP contribution is -2.40. The van der Waals surface area contributed by atoms with E-state index in [0.29, 0.717) is 31.9 Å². The molecule has 0 radical (unpaired) electrons. The van der Waals surface area contributed by atoms with Gasteiger partial charge in [-0.2, -0.15) is 0 Å². The first-order valence-electron chi connectivity index (χ1n) is 11.9. The monoisotopic (exact) mass is 584 g/mol. The first-order chi connectivity index (χ1) is 17.6. The van der Waals surface area contributed by atoms with Gasteiger partial charge in [0, 0.05) is 10.0 Å². The molecular formula is C28H29BrN2O5S. The fourth-order valence-electron chi connectivity index (χ4n) is 4.14. The van der Waals surface area contributed by atoms with Gasteiger partial charge in [0.05, 0.1) is 35.1 Å². The Bertz CT molecular complexity index is 1530. The third-order valence-corrected chi connectivity index (χ3v) is 7.10. The summed E-state index contributed by atoms with van der Waals surface area (Å²) >= 11 is 4.80. The highest BCUT2D eigenvalue weighted by atomic mass is 79.9. The fraction of sp³-hybridized carbons (Fsp3) is 0.321. The summed E-state index contributed by atoms with van der Waals surface area (Å²) in [5, 5.41) is 0. The minimum Gasteiger partial charge on any atom is -0.496 e. The molecule has 1 aliphatic rings. The molecule has 194 valence electrons. The number of allylic oxidation sites excluding steroid dienone is 1. The molecule has 2 heterocycles. The highest BCUT2D eigenvalue weighted by Crippen LogP contribution is 2.37. The summed E-state index contributed by atoms with van der Waals surface area (Å²) in [6.07, 6.45) is 1.57. The molecule has 4 rings (SSSR count). The zero-order valence-corrected chi connectivity index (χ0v) is 24.0. The third-order valence-electron chi connectivity index (χ3n) is 5.62. The largest absolute Gasteiger partial charge is 0.496 e. The fourth-order valence-corrected chi connectivity index (χ4v) is 5.56. The second-order valence-electron chi connectivity index (χ2n) is 9.16. The van der Waals surface area contributed by atoms with Crippen LogP contribution in [0.15, 0.2) is 68.0 Å². The molecule has 0 amide bonds. The van der Waals surface area contributed by atoms with Gasteiger partial charge in [-0.3, -0.25) is 9.36 Å². The molecule has 9 heteroatoms. The maximum Gasteiger partial charge on any atom is 0.338 e. The van der Waals surface area contributed by atoms with E-state index >= 15 is 0 Å². The van der Waals surface area contributed by atoms with Crippen LogP contribution in [0.1, 0.15) is 51.8 Å². The molecule has 1 aromatic heterocycles. The highest BCUT2D eigenvalue weighted by Gasteiger charge is 2.35. The minimum atomic E-state index is -0.765. The van der Waals surface area contributed by atoms with Crippen molar-refractivity contribution >= 4 is 39.3 Å². The van der Waals surface area contributed by atoms with Crippen LogP contribution in [0.5, 0.6) is 11.5 Å². The lowest BCUT2D eigenvalue weighted by Gasteiger charge is -2.26. The standard InChI is InChI=1S/C28H29BrN2O5S/c1-15(2)35-20-10-7-18(8-11-20)13-23-26(32)31-25(21-14-19(29)9-12-22(21)34-6)24(27(33)36-16(3)4)17(5)30-28(31)37-23/h7-16,25H,1-6H3/b23-13-/t25-/m1/s1. The minimum absolute atomic E-state index is 0.0735. The molecule has 0 spiro atoms. The zero-order chi connectivity index (χ0) is 26.9. The summed E-state index contributed by atoms with van der Waals surface area (Å²) < 4.78 is 19.8. The molecule has 0 unspecified atom stereocenters. The van der Waals surface area contributed by atoms with Gasteiger partial charge < -0.3 is 14.2 Å². The predicted octanol–water partition coefficient (Wildman–Crippen LogP) is 4.75. The molecular weight excluding hydrogens is 556 g/mol. The van der Waals surface area contributed by atoms with Gasteiger partial charge in [0.15, 0.2) is 4.80 Å². The van der Waals surface area contributed by atoms with Gasteiger partial charge in [0.1, 0.15) is 17.5 Å². The Kier molecular flexibility index (Phi) is 8.04. The molecule has 0 fully saturated rings. The van der Waals surface area contributed by atoms with E-state index in [4.69, 9.17) is 14.2 Å². The maximum absolute atomic E-state index is 13.8. The van der Waals surface area contributed by atoms with Gasteiger partial charge in [0.2, 0.25) is 0 Å². The van der Waals surface area contributed by atoms with Crippen molar-refractivity contribution in [2.24, 2.45) is 4.99 Å². The van der Waals surface area contributed by atoms with Crippen molar-refractivity contribution in [3.8, 4) is 11.5 Å². The number of thiazole rings is 1. The van der Waals surface area contributed by atoms with Gasteiger partial charge in [0.25, 0.3) is 5.56 Å². The van der Waals surface area contributed by atoms with Gasteiger partial charge in [-0.25, -0.2) is 9.79 Å². The lowest BCUT2D eigenvalue weighted by molar-refractivity contribution is -0.143. The van der Waals surface area contributed by atoms with Gasteiger partial charge in [-0.1, -0.05) is 39.4 Å². The summed E-state index contributed by atoms with van der Waals surface area (Å²) in [6, 6.07) is 12.3. The van der Waals surface area contributed by atoms with Crippen molar-refractivity contribution in [1.82, 2.24) is 4.57 Å². The number of nitrogens with zero attached hydrogens (tertiary/aromatic N) is 2. The second kappa shape index (κ2) is 11.1. The predicted molar refractivity (Wildman–Crippen MR) is 148 cm³/mol. The van der Waals surface area contributed by atoms with E-state index in [2.05, 4.69) is 20.9 Å². The molecule has 0 bridgehead atoms. The zero-order valence-electron chi connectivity index (χ0n) is 21.6. The SMILES string of the molecule is COc1ccc(Br)cc1[C@@H]1C(C(=O)OC(C)C)=C(C)N=c2s/c(=C\c3ccc(OC(C)C)cc3)c(=O)n21. The Balaban J connectivity index is 1.91. The molecule has 7 nitrogen and oxygen atoms in total. The van der Waals surface area contributed by atoms with Crippen molar-refractivity contribution < 1.29 is 19.0 Å². The Hall–Kier alpha value is -3.17. The topological polar surface area (TPSA) is 79.1 Å². The Morgan fingerprint density at radius 2 is 1.81 bits per heavy atom. The smallest absolute Gasteiger partial charge is 0.338 e. The molecule has 37 heavy (non-hydrogen) atoms. The van der Waals surface area contributed by atoms with Crippen LogP contribution in [-0.4, -0.2) is 29.9 Å². The second-order valence-corrected chi connectivity index (χ2v) is 11.1. The number of methoxy groups -OCH3 is 1. The van der Waals surface area contributed by atoms with Crippen LogP contribution in [0.4, 0.5) is 0 Å². The summed E-state index contributed by atoms with van der Waals surface area (Å²) in [7, 11) is 1.56. The van der Waals surface area contributed by atoms with E-state index < -0.39 is 12.0 Å². The Morgan fingerprint density at radius 1 is 1.11 bits per heavy atom. The number of ether oxygens (including phenoxy) is 3. The Morgan fingerprint density at radius 3 is 2.43 bits per heavy atom. The Labute approximate surface area is 227 Å². The number of rotatable bonds is 7. The average Bonchev–Trinajstić information content (AvgIpc) is 3.12. The number of esters is 1. The number of carbonyl (C=O) groups excluding carboxylic acids is 1. The number of hydrogen-bond acceptors (Lipinski definition) is 7. The van der Waals surface area contributed by atoms with Crippen LogP contribution in [-0.2, 0) is 9.53 Å².